The Bertz CT molecular complexity index is 1160. The zero-order valence-corrected chi connectivity index (χ0v) is 15.5. The van der Waals surface area contributed by atoms with Crippen LogP contribution in [0.3, 0.4) is 0 Å². The number of methoxy groups -OCH3 is 2. The van der Waals surface area contributed by atoms with Crippen LogP contribution < -0.4 is 9.47 Å². The van der Waals surface area contributed by atoms with E-state index in [-0.39, 0.29) is 5.78 Å². The third-order valence-electron chi connectivity index (χ3n) is 4.32. The molecule has 0 aliphatic rings. The highest BCUT2D eigenvalue weighted by Gasteiger charge is 2.24. The molecule has 0 aliphatic carbocycles. The zero-order valence-electron chi connectivity index (χ0n) is 14.7. The van der Waals surface area contributed by atoms with Crippen LogP contribution in [0.2, 0.25) is 0 Å². The molecule has 4 rings (SSSR count). The van der Waals surface area contributed by atoms with Gasteiger partial charge in [0, 0.05) is 34.9 Å². The van der Waals surface area contributed by atoms with Crippen LogP contribution in [0.1, 0.15) is 27.4 Å². The molecule has 26 heavy (non-hydrogen) atoms. The molecule has 0 atom stereocenters. The van der Waals surface area contributed by atoms with Gasteiger partial charge in [0.15, 0.2) is 0 Å². The van der Waals surface area contributed by atoms with Crippen molar-refractivity contribution in [3.63, 3.8) is 0 Å². The molecule has 0 saturated carbocycles. The van der Waals surface area contributed by atoms with Crippen LogP contribution in [-0.4, -0.2) is 38.7 Å². The molecule has 0 amide bonds. The molecule has 4 aromatic rings. The van der Waals surface area contributed by atoms with Crippen molar-refractivity contribution in [1.82, 2.24) is 18.7 Å². The molecule has 1 aromatic carbocycles. The lowest BCUT2D eigenvalue weighted by atomic mass is 10.1. The highest BCUT2D eigenvalue weighted by atomic mass is 32.1. The van der Waals surface area contributed by atoms with Gasteiger partial charge in [-0.05, 0) is 26.0 Å². The van der Waals surface area contributed by atoms with Gasteiger partial charge in [-0.25, -0.2) is 4.98 Å². The van der Waals surface area contributed by atoms with E-state index < -0.39 is 0 Å². The molecule has 0 spiro atoms. The SMILES string of the molecule is COc1ccc2c(c1)nc1snc(C(=O)c3ncc(C)c(OC)c3C)n12. The molecular weight excluding hydrogens is 352 g/mol. The summed E-state index contributed by atoms with van der Waals surface area (Å²) in [7, 11) is 3.19. The third-order valence-corrected chi connectivity index (χ3v) is 5.02. The van der Waals surface area contributed by atoms with Crippen molar-refractivity contribution >= 4 is 33.3 Å². The number of rotatable bonds is 4. The maximum atomic E-state index is 13.1. The Morgan fingerprint density at radius 1 is 1.19 bits per heavy atom. The fourth-order valence-electron chi connectivity index (χ4n) is 3.07. The molecule has 0 bridgehead atoms. The van der Waals surface area contributed by atoms with Crippen molar-refractivity contribution < 1.29 is 14.3 Å². The van der Waals surface area contributed by atoms with Gasteiger partial charge in [-0.15, -0.1) is 0 Å². The van der Waals surface area contributed by atoms with Crippen molar-refractivity contribution in [1.29, 1.82) is 0 Å². The molecule has 3 aromatic heterocycles. The predicted octanol–water partition coefficient (Wildman–Crippen LogP) is 3.20. The molecular formula is C18H16N4O3S. The average Bonchev–Trinajstić information content (AvgIpc) is 3.20. The number of pyridine rings is 1. The lowest BCUT2D eigenvalue weighted by Crippen LogP contribution is -2.12. The Balaban J connectivity index is 1.91. The van der Waals surface area contributed by atoms with E-state index in [1.807, 2.05) is 32.0 Å². The highest BCUT2D eigenvalue weighted by Crippen LogP contribution is 2.28. The van der Waals surface area contributed by atoms with Crippen molar-refractivity contribution in [2.45, 2.75) is 13.8 Å². The summed E-state index contributed by atoms with van der Waals surface area (Å²) < 4.78 is 16.7. The number of carbonyl (C=O) groups excluding carboxylic acids is 1. The number of aromatic nitrogens is 4. The largest absolute Gasteiger partial charge is 0.497 e. The molecule has 8 heteroatoms. The Morgan fingerprint density at radius 3 is 2.73 bits per heavy atom. The summed E-state index contributed by atoms with van der Waals surface area (Å²) in [4.78, 5) is 22.6. The lowest BCUT2D eigenvalue weighted by Gasteiger charge is -2.10. The number of ketones is 1. The first-order valence-corrected chi connectivity index (χ1v) is 8.69. The second-order valence-corrected chi connectivity index (χ2v) is 6.60. The van der Waals surface area contributed by atoms with E-state index in [0.29, 0.717) is 33.5 Å². The van der Waals surface area contributed by atoms with E-state index in [4.69, 9.17) is 9.47 Å². The van der Waals surface area contributed by atoms with E-state index in [1.54, 1.807) is 24.8 Å². The summed E-state index contributed by atoms with van der Waals surface area (Å²) in [5, 5.41) is 0. The Hall–Kier alpha value is -3.00. The fraction of sp³-hybridized carbons (Fsp3) is 0.222. The van der Waals surface area contributed by atoms with E-state index in [2.05, 4.69) is 14.3 Å². The molecule has 0 N–H and O–H groups in total. The minimum absolute atomic E-state index is 0.262. The smallest absolute Gasteiger partial charge is 0.248 e. The van der Waals surface area contributed by atoms with Gasteiger partial charge in [0.25, 0.3) is 0 Å². The molecule has 3 heterocycles. The predicted molar refractivity (Wildman–Crippen MR) is 98.6 cm³/mol. The topological polar surface area (TPSA) is 78.6 Å². The molecule has 7 nitrogen and oxygen atoms in total. The van der Waals surface area contributed by atoms with Crippen LogP contribution in [0.5, 0.6) is 11.5 Å². The Labute approximate surface area is 153 Å². The number of ether oxygens (including phenoxy) is 2. The number of fused-ring (bicyclic) bond motifs is 3. The maximum absolute atomic E-state index is 13.1. The van der Waals surface area contributed by atoms with Crippen molar-refractivity contribution in [2.24, 2.45) is 0 Å². The molecule has 0 saturated heterocycles. The van der Waals surface area contributed by atoms with Crippen LogP contribution in [0.25, 0.3) is 16.0 Å². The number of hydrogen-bond donors (Lipinski definition) is 0. The summed E-state index contributed by atoms with van der Waals surface area (Å²) in [6, 6.07) is 5.54. The van der Waals surface area contributed by atoms with Gasteiger partial charge in [-0.3, -0.25) is 14.2 Å². The van der Waals surface area contributed by atoms with Gasteiger partial charge in [0.1, 0.15) is 17.2 Å². The highest BCUT2D eigenvalue weighted by molar-refractivity contribution is 7.11. The lowest BCUT2D eigenvalue weighted by molar-refractivity contribution is 0.102. The van der Waals surface area contributed by atoms with E-state index in [9.17, 15) is 4.79 Å². The minimum Gasteiger partial charge on any atom is -0.497 e. The second-order valence-electron chi connectivity index (χ2n) is 5.87. The standard InChI is InChI=1S/C18H16N4O3S/c1-9-8-19-14(10(2)16(9)25-4)15(23)17-21-26-18-20-12-7-11(24-3)5-6-13(12)22(17)18/h5-8H,1-4H3. The van der Waals surface area contributed by atoms with Crippen molar-refractivity contribution in [2.75, 3.05) is 14.2 Å². The summed E-state index contributed by atoms with van der Waals surface area (Å²) in [5.41, 5.74) is 3.46. The number of nitrogens with zero attached hydrogens (tertiary/aromatic N) is 4. The first-order valence-electron chi connectivity index (χ1n) is 7.92. The number of imidazole rings is 1. The molecule has 0 aliphatic heterocycles. The minimum atomic E-state index is -0.262. The first kappa shape index (κ1) is 16.5. The maximum Gasteiger partial charge on any atom is 0.248 e. The molecule has 132 valence electrons. The van der Waals surface area contributed by atoms with Gasteiger partial charge < -0.3 is 9.47 Å². The number of carbonyl (C=O) groups is 1. The second kappa shape index (κ2) is 6.06. The normalized spacial score (nSPS) is 11.2. The van der Waals surface area contributed by atoms with Gasteiger partial charge in [-0.2, -0.15) is 4.37 Å². The van der Waals surface area contributed by atoms with Crippen LogP contribution in [-0.2, 0) is 0 Å². The van der Waals surface area contributed by atoms with Crippen molar-refractivity contribution in [3.8, 4) is 11.5 Å². The molecule has 0 unspecified atom stereocenters. The van der Waals surface area contributed by atoms with Crippen molar-refractivity contribution in [3.05, 3.63) is 47.0 Å². The summed E-state index contributed by atoms with van der Waals surface area (Å²) in [6.45, 7) is 3.72. The fourth-order valence-corrected chi connectivity index (χ4v) is 3.81. The third kappa shape index (κ3) is 2.33. The van der Waals surface area contributed by atoms with Gasteiger partial charge >= 0.3 is 0 Å². The summed E-state index contributed by atoms with van der Waals surface area (Å²) in [5.74, 6) is 1.40. The number of benzene rings is 1. The Morgan fingerprint density at radius 2 is 2.00 bits per heavy atom. The number of aryl methyl sites for hydroxylation is 1. The number of hydrogen-bond acceptors (Lipinski definition) is 7. The van der Waals surface area contributed by atoms with Gasteiger partial charge in [-0.1, -0.05) is 0 Å². The molecule has 0 fully saturated rings. The van der Waals surface area contributed by atoms with E-state index in [1.165, 1.54) is 11.5 Å². The summed E-state index contributed by atoms with van der Waals surface area (Å²) in [6.07, 6.45) is 1.64. The van der Waals surface area contributed by atoms with Crippen LogP contribution in [0.15, 0.2) is 24.4 Å². The van der Waals surface area contributed by atoms with Gasteiger partial charge in [0.2, 0.25) is 16.6 Å². The first-order chi connectivity index (χ1) is 12.5. The average molecular weight is 368 g/mol. The van der Waals surface area contributed by atoms with E-state index in [0.717, 1.165) is 16.6 Å². The zero-order chi connectivity index (χ0) is 18.4. The van der Waals surface area contributed by atoms with Crippen LogP contribution in [0.4, 0.5) is 0 Å². The monoisotopic (exact) mass is 368 g/mol. The van der Waals surface area contributed by atoms with Crippen LogP contribution in [0, 0.1) is 13.8 Å². The quantitative estimate of drug-likeness (QED) is 0.515. The van der Waals surface area contributed by atoms with E-state index >= 15 is 0 Å². The van der Waals surface area contributed by atoms with Crippen LogP contribution >= 0.6 is 11.5 Å². The molecule has 0 radical (unpaired) electrons. The van der Waals surface area contributed by atoms with Gasteiger partial charge in [0.05, 0.1) is 25.3 Å². The Kier molecular flexibility index (Phi) is 3.84. The summed E-state index contributed by atoms with van der Waals surface area (Å²) >= 11 is 1.18.